The van der Waals surface area contributed by atoms with Crippen molar-refractivity contribution in [1.82, 2.24) is 9.38 Å². The van der Waals surface area contributed by atoms with Crippen LogP contribution in [-0.2, 0) is 0 Å². The van der Waals surface area contributed by atoms with Crippen molar-refractivity contribution in [2.24, 2.45) is 0 Å². The Hall–Kier alpha value is -3.90. The van der Waals surface area contributed by atoms with Gasteiger partial charge in [0.1, 0.15) is 23.5 Å². The SMILES string of the molecule is N#CC(C#N)=c1c2ccccc2n2c(=O)c3cc(O)ccc3nc12. The molecular weight excluding hydrogens is 304 g/mol. The largest absolute Gasteiger partial charge is 0.508 e. The Morgan fingerprint density at radius 3 is 2.58 bits per heavy atom. The first-order chi connectivity index (χ1) is 11.7. The number of nitrogens with zero attached hydrogens (tertiary/aromatic N) is 4. The van der Waals surface area contributed by atoms with Crippen molar-refractivity contribution in [1.29, 1.82) is 10.5 Å². The normalized spacial score (nSPS) is 10.8. The number of fused-ring (bicyclic) bond motifs is 4. The van der Waals surface area contributed by atoms with Gasteiger partial charge in [0.25, 0.3) is 5.56 Å². The molecule has 0 saturated heterocycles. The highest BCUT2D eigenvalue weighted by molar-refractivity contribution is 5.95. The number of nitriles is 2. The lowest BCUT2D eigenvalue weighted by molar-refractivity contribution is 0.476. The molecule has 0 aliphatic rings. The minimum Gasteiger partial charge on any atom is -0.508 e. The van der Waals surface area contributed by atoms with Crippen molar-refractivity contribution in [3.8, 4) is 17.9 Å². The minimum absolute atomic E-state index is 0.0289. The summed E-state index contributed by atoms with van der Waals surface area (Å²) in [6.45, 7) is 0. The molecule has 0 atom stereocenters. The number of aromatic hydroxyl groups is 1. The first-order valence-electron chi connectivity index (χ1n) is 7.06. The molecule has 6 heteroatoms. The van der Waals surface area contributed by atoms with E-state index in [-0.39, 0.29) is 27.9 Å². The van der Waals surface area contributed by atoms with Gasteiger partial charge in [0.05, 0.1) is 21.6 Å². The number of aromatic nitrogens is 2. The van der Waals surface area contributed by atoms with E-state index in [1.54, 1.807) is 24.3 Å². The van der Waals surface area contributed by atoms with Crippen molar-refractivity contribution in [2.75, 3.05) is 0 Å². The van der Waals surface area contributed by atoms with E-state index in [0.717, 1.165) is 0 Å². The molecule has 0 aliphatic heterocycles. The molecule has 0 spiro atoms. The Balaban J connectivity index is 2.47. The van der Waals surface area contributed by atoms with Crippen LogP contribution >= 0.6 is 0 Å². The van der Waals surface area contributed by atoms with Crippen molar-refractivity contribution >= 4 is 33.0 Å². The van der Waals surface area contributed by atoms with Crippen LogP contribution in [0.15, 0.2) is 47.3 Å². The van der Waals surface area contributed by atoms with Crippen LogP contribution < -0.4 is 10.8 Å². The van der Waals surface area contributed by atoms with E-state index in [9.17, 15) is 20.4 Å². The van der Waals surface area contributed by atoms with Gasteiger partial charge in [-0.25, -0.2) is 4.98 Å². The van der Waals surface area contributed by atoms with E-state index in [1.165, 1.54) is 22.6 Å². The zero-order valence-corrected chi connectivity index (χ0v) is 12.2. The van der Waals surface area contributed by atoms with E-state index in [0.29, 0.717) is 21.6 Å². The number of phenolic OH excluding ortho intramolecular Hbond substituents is 1. The fraction of sp³-hybridized carbons (Fsp3) is 0. The molecule has 112 valence electrons. The number of para-hydroxylation sites is 1. The number of phenols is 1. The maximum Gasteiger partial charge on any atom is 0.266 e. The van der Waals surface area contributed by atoms with Crippen molar-refractivity contribution < 1.29 is 5.11 Å². The topological polar surface area (TPSA) is 102 Å². The van der Waals surface area contributed by atoms with Crippen LogP contribution in [0.3, 0.4) is 0 Å². The molecular formula is C18H8N4O2. The first-order valence-corrected chi connectivity index (χ1v) is 7.06. The summed E-state index contributed by atoms with van der Waals surface area (Å²) >= 11 is 0. The van der Waals surface area contributed by atoms with Crippen molar-refractivity contribution in [2.45, 2.75) is 0 Å². The lowest BCUT2D eigenvalue weighted by atomic mass is 10.1. The number of benzene rings is 2. The van der Waals surface area contributed by atoms with Gasteiger partial charge < -0.3 is 5.11 Å². The van der Waals surface area contributed by atoms with Gasteiger partial charge in [0.15, 0.2) is 5.65 Å². The van der Waals surface area contributed by atoms with Gasteiger partial charge in [-0.05, 0) is 24.3 Å². The zero-order valence-electron chi connectivity index (χ0n) is 12.2. The molecule has 6 nitrogen and oxygen atoms in total. The number of rotatable bonds is 0. The van der Waals surface area contributed by atoms with Crippen LogP contribution in [-0.4, -0.2) is 14.5 Å². The van der Waals surface area contributed by atoms with Gasteiger partial charge in [-0.1, -0.05) is 18.2 Å². The van der Waals surface area contributed by atoms with Crippen molar-refractivity contribution in [3.63, 3.8) is 0 Å². The average Bonchev–Trinajstić information content (AvgIpc) is 2.92. The quantitative estimate of drug-likeness (QED) is 0.531. The summed E-state index contributed by atoms with van der Waals surface area (Å²) < 4.78 is 1.38. The smallest absolute Gasteiger partial charge is 0.266 e. The van der Waals surface area contributed by atoms with Crippen LogP contribution in [0.4, 0.5) is 0 Å². The molecule has 0 amide bonds. The van der Waals surface area contributed by atoms with Crippen LogP contribution in [0.1, 0.15) is 0 Å². The maximum absolute atomic E-state index is 12.9. The lowest BCUT2D eigenvalue weighted by Gasteiger charge is -2.00. The third-order valence-electron chi connectivity index (χ3n) is 3.96. The molecule has 2 aromatic heterocycles. The lowest BCUT2D eigenvalue weighted by Crippen LogP contribution is -2.16. The molecule has 0 aliphatic carbocycles. The monoisotopic (exact) mass is 312 g/mol. The third-order valence-corrected chi connectivity index (χ3v) is 3.96. The van der Waals surface area contributed by atoms with Crippen LogP contribution in [0.25, 0.3) is 33.0 Å². The van der Waals surface area contributed by atoms with Gasteiger partial charge in [0, 0.05) is 5.39 Å². The molecule has 0 fully saturated rings. The van der Waals surface area contributed by atoms with Crippen molar-refractivity contribution in [3.05, 3.63) is 58.0 Å². The molecule has 24 heavy (non-hydrogen) atoms. The Bertz CT molecular complexity index is 1340. The summed E-state index contributed by atoms with van der Waals surface area (Å²) in [5.41, 5.74) is 0.762. The second-order valence-corrected chi connectivity index (χ2v) is 5.27. The second-order valence-electron chi connectivity index (χ2n) is 5.27. The molecule has 4 aromatic rings. The van der Waals surface area contributed by atoms with Gasteiger partial charge in [0.2, 0.25) is 0 Å². The fourth-order valence-corrected chi connectivity index (χ4v) is 2.95. The predicted octanol–water partition coefficient (Wildman–Crippen LogP) is 1.62. The second kappa shape index (κ2) is 4.80. The zero-order chi connectivity index (χ0) is 16.8. The highest BCUT2D eigenvalue weighted by atomic mass is 16.3. The Morgan fingerprint density at radius 2 is 1.83 bits per heavy atom. The summed E-state index contributed by atoms with van der Waals surface area (Å²) in [7, 11) is 0. The standard InChI is InChI=1S/C18H8N4O2/c19-8-10(9-20)16-12-3-1-2-4-15(12)22-17(16)21-14-6-5-11(23)7-13(14)18(22)24/h1-7,23H. The summed E-state index contributed by atoms with van der Waals surface area (Å²) in [4.78, 5) is 17.4. The molecule has 2 aromatic carbocycles. The predicted molar refractivity (Wildman–Crippen MR) is 88.0 cm³/mol. The first kappa shape index (κ1) is 13.7. The highest BCUT2D eigenvalue weighted by Crippen LogP contribution is 2.19. The summed E-state index contributed by atoms with van der Waals surface area (Å²) in [5, 5.41) is 29.4. The van der Waals surface area contributed by atoms with Crippen LogP contribution in [0.5, 0.6) is 5.75 Å². The minimum atomic E-state index is -0.358. The Morgan fingerprint density at radius 1 is 1.08 bits per heavy atom. The Labute approximate surface area is 134 Å². The third kappa shape index (κ3) is 1.68. The van der Waals surface area contributed by atoms with Gasteiger partial charge in [-0.15, -0.1) is 0 Å². The van der Waals surface area contributed by atoms with E-state index >= 15 is 0 Å². The van der Waals surface area contributed by atoms with E-state index in [2.05, 4.69) is 4.98 Å². The Kier molecular flexibility index (Phi) is 2.75. The fourth-order valence-electron chi connectivity index (χ4n) is 2.95. The summed E-state index contributed by atoms with van der Waals surface area (Å²) in [6, 6.07) is 15.1. The molecule has 0 radical (unpaired) electrons. The summed E-state index contributed by atoms with van der Waals surface area (Å²) in [5.74, 6) is -0.0289. The van der Waals surface area contributed by atoms with Gasteiger partial charge >= 0.3 is 0 Å². The van der Waals surface area contributed by atoms with Gasteiger partial charge in [-0.2, -0.15) is 10.5 Å². The van der Waals surface area contributed by atoms with Crippen LogP contribution in [0, 0.1) is 22.7 Å². The summed E-state index contributed by atoms with van der Waals surface area (Å²) in [6.07, 6.45) is 0. The molecule has 2 heterocycles. The van der Waals surface area contributed by atoms with Crippen LogP contribution in [0.2, 0.25) is 0 Å². The number of hydrogen-bond donors (Lipinski definition) is 1. The van der Waals surface area contributed by atoms with E-state index in [4.69, 9.17) is 0 Å². The molecule has 4 rings (SSSR count). The molecule has 0 bridgehead atoms. The maximum atomic E-state index is 12.9. The molecule has 1 N–H and O–H groups in total. The van der Waals surface area contributed by atoms with E-state index < -0.39 is 0 Å². The highest BCUT2D eigenvalue weighted by Gasteiger charge is 2.16. The average molecular weight is 312 g/mol. The van der Waals surface area contributed by atoms with E-state index in [1.807, 2.05) is 12.1 Å². The molecule has 0 unspecified atom stereocenters. The molecule has 0 saturated carbocycles. The van der Waals surface area contributed by atoms with Gasteiger partial charge in [-0.3, -0.25) is 9.20 Å². The number of hydrogen-bond acceptors (Lipinski definition) is 5.